The first-order valence-electron chi connectivity index (χ1n) is 13.0. The Morgan fingerprint density at radius 3 is 1.02 bits per heavy atom. The van der Waals surface area contributed by atoms with E-state index in [9.17, 15) is 0 Å². The van der Waals surface area contributed by atoms with E-state index in [0.717, 1.165) is 6.42 Å². The van der Waals surface area contributed by atoms with Crippen molar-refractivity contribution in [3.63, 3.8) is 0 Å². The molecule has 0 amide bonds. The van der Waals surface area contributed by atoms with E-state index in [4.69, 9.17) is 8.92 Å². The van der Waals surface area contributed by atoms with Crippen molar-refractivity contribution in [3.05, 3.63) is 63.0 Å². The second kappa shape index (κ2) is 20.3. The van der Waals surface area contributed by atoms with Crippen LogP contribution >= 0.6 is 86.1 Å². The fourth-order valence-corrected chi connectivity index (χ4v) is 18.2. The Hall–Kier alpha value is 3.04. The van der Waals surface area contributed by atoms with Crippen molar-refractivity contribution < 1.29 is 18.9 Å². The number of unbranched alkanes of at least 4 members (excludes halogenated alkanes) is 1. The maximum Gasteiger partial charge on any atom is 1.00 e. The second-order valence-corrected chi connectivity index (χ2v) is 69.3. The van der Waals surface area contributed by atoms with Crippen LogP contribution in [0.5, 0.6) is 0 Å². The smallest absolute Gasteiger partial charge is 1.00 e. The fraction of sp³-hybridized carbons (Fsp3) is 0.414. The summed E-state index contributed by atoms with van der Waals surface area (Å²) in [6.07, 6.45) is 2.28. The quantitative estimate of drug-likeness (QED) is 0.138. The maximum atomic E-state index is 5.74. The molecule has 0 atom stereocenters. The molecule has 218 valence electrons. The molecular weight excluding hydrogens is 1030 g/mol. The van der Waals surface area contributed by atoms with Gasteiger partial charge in [-0.25, -0.2) is 0 Å². The molecule has 0 saturated heterocycles. The van der Waals surface area contributed by atoms with E-state index in [0.29, 0.717) is 0 Å². The molecule has 11 heteroatoms. The van der Waals surface area contributed by atoms with Gasteiger partial charge in [0.05, 0.1) is 7.57 Å². The molecule has 4 rings (SSSR count). The van der Waals surface area contributed by atoms with Gasteiger partial charge in [0.15, 0.2) is 0 Å². The van der Waals surface area contributed by atoms with Crippen molar-refractivity contribution in [1.82, 2.24) is 0 Å². The van der Waals surface area contributed by atoms with Gasteiger partial charge in [-0.1, -0.05) is 13.3 Å². The first kappa shape index (κ1) is 43.0. The monoisotopic (exact) mass is 1080 g/mol. The van der Waals surface area contributed by atoms with Crippen LogP contribution in [0.15, 0.2) is 56.1 Å². The Labute approximate surface area is 306 Å². The van der Waals surface area contributed by atoms with Crippen molar-refractivity contribution >= 4 is 146 Å². The van der Waals surface area contributed by atoms with Gasteiger partial charge in [-0.3, -0.25) is 0 Å². The normalized spacial score (nSPS) is 11.2. The minimum Gasteiger partial charge on any atom is 1.00 e. The van der Waals surface area contributed by atoms with Crippen LogP contribution in [-0.4, -0.2) is 54.0 Å². The van der Waals surface area contributed by atoms with Crippen molar-refractivity contribution in [3.8, 4) is 19.5 Å². The van der Waals surface area contributed by atoms with Crippen LogP contribution in [0.3, 0.4) is 0 Å². The largest absolute Gasteiger partial charge is 1.00 e. The minimum atomic E-state index is -1.86. The molecular formula is C29H44Br2ClLiS4Sn3. The summed E-state index contributed by atoms with van der Waals surface area (Å²) in [4.78, 5) is 27.1. The Morgan fingerprint density at radius 2 is 0.850 bits per heavy atom. The zero-order valence-corrected chi connectivity index (χ0v) is 41.8. The zero-order valence-electron chi connectivity index (χ0n) is 26.0. The third kappa shape index (κ3) is 18.3. The third-order valence-corrected chi connectivity index (χ3v) is 29.5. The molecule has 0 radical (unpaired) electrons. The molecule has 0 spiro atoms. The van der Waals surface area contributed by atoms with E-state index in [2.05, 4.69) is 139 Å². The maximum absolute atomic E-state index is 5.74. The van der Waals surface area contributed by atoms with E-state index < -0.39 is 54.0 Å². The van der Waals surface area contributed by atoms with Crippen LogP contribution in [0.1, 0.15) is 19.8 Å². The van der Waals surface area contributed by atoms with Gasteiger partial charge < -0.3 is 6.92 Å². The van der Waals surface area contributed by atoms with Crippen LogP contribution in [0.25, 0.3) is 19.5 Å². The Bertz CT molecular complexity index is 1150. The van der Waals surface area contributed by atoms with Gasteiger partial charge in [-0.15, -0.1) is 22.7 Å². The molecule has 0 aliphatic carbocycles. The molecule has 0 bridgehead atoms. The average Bonchev–Trinajstić information content (AvgIpc) is 3.57. The summed E-state index contributed by atoms with van der Waals surface area (Å²) in [5, 5.41) is 0. The van der Waals surface area contributed by atoms with Crippen molar-refractivity contribution in [2.45, 2.75) is 64.2 Å². The van der Waals surface area contributed by atoms with E-state index >= 15 is 0 Å². The van der Waals surface area contributed by atoms with E-state index in [1.165, 1.54) is 33.5 Å². The molecule has 0 N–H and O–H groups in total. The molecule has 4 aromatic rings. The number of thiophene rings is 4. The van der Waals surface area contributed by atoms with Crippen LogP contribution in [0, 0.1) is 6.92 Å². The Morgan fingerprint density at radius 1 is 0.600 bits per heavy atom. The molecule has 40 heavy (non-hydrogen) atoms. The van der Waals surface area contributed by atoms with Gasteiger partial charge in [-0.2, -0.15) is 6.42 Å². The van der Waals surface area contributed by atoms with Crippen molar-refractivity contribution in [2.75, 3.05) is 0 Å². The fourth-order valence-electron chi connectivity index (χ4n) is 2.64. The third-order valence-electron chi connectivity index (χ3n) is 4.68. The summed E-state index contributed by atoms with van der Waals surface area (Å²) in [6.45, 7) is 5.72. The van der Waals surface area contributed by atoms with Crippen molar-refractivity contribution in [2.24, 2.45) is 0 Å². The molecule has 0 aromatic carbocycles. The SMILES string of the molecule is Brc1ccc(-c2ccc(Br)s2)s1.[CH2-]CCC.[CH3][Sn]([CH3])([CH3])[Cl].[CH3][Sn]([CH3])([CH3])[c]1ccc(-c2cc[c]([Sn]([CH3])([CH3])[CH3])s2)s1.[Li+]. The molecule has 0 fully saturated rings. The topological polar surface area (TPSA) is 0 Å². The standard InChI is InChI=1S/C8H4Br2S2.C8H4S2.C4H9.9CH3.ClH.Li.3Sn/c9-7-3-1-5(11-7)6-2-4-8(10)12-6;1-3-7(9-5-1)8-4-2-6-10-8;1-3-4-2;;;;;;;;;;;;;;/h1-4H;1-4H;1,3-4H2,2H3;9*1H3;1H;;;;/q;;-1;;;;;;;;;;;+1;;;+1/p-1. The number of halogens is 3. The summed E-state index contributed by atoms with van der Waals surface area (Å²) in [5.74, 6) is 0. The summed E-state index contributed by atoms with van der Waals surface area (Å²) in [6, 6.07) is 17.9. The average molecular weight is 1080 g/mol. The van der Waals surface area contributed by atoms with Crippen LogP contribution in [0.2, 0.25) is 44.5 Å². The number of rotatable bonds is 5. The van der Waals surface area contributed by atoms with Gasteiger partial charge in [-0.05, 0) is 56.1 Å². The van der Waals surface area contributed by atoms with Crippen LogP contribution < -0.4 is 24.6 Å². The van der Waals surface area contributed by atoms with E-state index in [1.54, 1.807) is 28.5 Å². The predicted octanol–water partition coefficient (Wildman–Crippen LogP) is 10.3. The summed E-state index contributed by atoms with van der Waals surface area (Å²) < 4.78 is 5.74. The molecule has 0 unspecified atom stereocenters. The second-order valence-electron chi connectivity index (χ2n) is 12.0. The molecule has 0 nitrogen and oxygen atoms in total. The van der Waals surface area contributed by atoms with E-state index in [-0.39, 0.29) is 18.9 Å². The van der Waals surface area contributed by atoms with Gasteiger partial charge >= 0.3 is 189 Å². The zero-order chi connectivity index (χ0) is 30.0. The predicted molar refractivity (Wildman–Crippen MR) is 206 cm³/mol. The van der Waals surface area contributed by atoms with E-state index in [1.807, 2.05) is 22.7 Å². The van der Waals surface area contributed by atoms with Crippen molar-refractivity contribution in [1.29, 1.82) is 0 Å². The summed E-state index contributed by atoms with van der Waals surface area (Å²) in [5.41, 5.74) is 0. The molecule has 0 aliphatic heterocycles. The van der Waals surface area contributed by atoms with Crippen LogP contribution in [0.4, 0.5) is 0 Å². The summed E-state index contributed by atoms with van der Waals surface area (Å²) >= 11 is 9.08. The summed E-state index contributed by atoms with van der Waals surface area (Å²) in [7, 11) is 5.74. The van der Waals surface area contributed by atoms with Gasteiger partial charge in [0.1, 0.15) is 0 Å². The Balaban J connectivity index is 0.000000595. The first-order valence-corrected chi connectivity index (χ1v) is 50.1. The molecule has 4 heterocycles. The van der Waals surface area contributed by atoms with Gasteiger partial charge in [0.2, 0.25) is 0 Å². The van der Waals surface area contributed by atoms with Gasteiger partial charge in [0.25, 0.3) is 0 Å². The minimum absolute atomic E-state index is 0. The number of hydrogen-bond acceptors (Lipinski definition) is 4. The molecule has 4 aromatic heterocycles. The van der Waals surface area contributed by atoms with Gasteiger partial charge in [0, 0.05) is 9.75 Å². The van der Waals surface area contributed by atoms with Crippen LogP contribution in [-0.2, 0) is 0 Å². The molecule has 0 aliphatic rings. The first-order chi connectivity index (χ1) is 17.8. The number of hydrogen-bond donors (Lipinski definition) is 0. The Kier molecular flexibility index (Phi) is 21.9. The molecule has 0 saturated carbocycles.